The number of esters is 1. The van der Waals surface area contributed by atoms with Gasteiger partial charge in [-0.25, -0.2) is 0 Å². The molecule has 1 aromatic heterocycles. The van der Waals surface area contributed by atoms with Crippen LogP contribution in [0.25, 0.3) is 0 Å². The first-order chi connectivity index (χ1) is 9.48. The normalized spacial score (nSPS) is 25.9. The number of amides is 1. The van der Waals surface area contributed by atoms with Crippen molar-refractivity contribution >= 4 is 17.7 Å². The summed E-state index contributed by atoms with van der Waals surface area (Å²) in [6, 6.07) is 3.12. The van der Waals surface area contributed by atoms with E-state index in [-0.39, 0.29) is 25.2 Å². The molecule has 20 heavy (non-hydrogen) atoms. The van der Waals surface area contributed by atoms with Crippen LogP contribution < -0.4 is 11.1 Å². The van der Waals surface area contributed by atoms with Crippen LogP contribution in [0.3, 0.4) is 0 Å². The predicted octanol–water partition coefficient (Wildman–Crippen LogP) is -1.36. The highest BCUT2D eigenvalue weighted by Gasteiger charge is 2.51. The third kappa shape index (κ3) is 2.55. The number of rotatable bonds is 3. The zero-order valence-electron chi connectivity index (χ0n) is 11.0. The van der Waals surface area contributed by atoms with Crippen LogP contribution >= 0.6 is 0 Å². The maximum absolute atomic E-state index is 12.1. The van der Waals surface area contributed by atoms with Gasteiger partial charge in [0.15, 0.2) is 5.41 Å². The molecular weight excluding hydrogens is 264 g/mol. The van der Waals surface area contributed by atoms with Crippen molar-refractivity contribution in [3.05, 3.63) is 17.8 Å². The van der Waals surface area contributed by atoms with Crippen LogP contribution in [0.5, 0.6) is 0 Å². The Labute approximate surface area is 115 Å². The number of aliphatic hydroxyl groups excluding tert-OH is 1. The molecule has 1 amide bonds. The minimum Gasteiger partial charge on any atom is -0.468 e. The van der Waals surface area contributed by atoms with Crippen molar-refractivity contribution in [1.82, 2.24) is 15.5 Å². The number of aliphatic hydroxyl groups is 1. The quantitative estimate of drug-likeness (QED) is 0.461. The van der Waals surface area contributed by atoms with Gasteiger partial charge in [0, 0.05) is 19.4 Å². The van der Waals surface area contributed by atoms with E-state index >= 15 is 0 Å². The smallest absolute Gasteiger partial charge is 0.321 e. The maximum atomic E-state index is 12.1. The van der Waals surface area contributed by atoms with Crippen LogP contribution in [-0.4, -0.2) is 46.9 Å². The molecular formula is C12H16N4O4. The van der Waals surface area contributed by atoms with Crippen LogP contribution in [0.1, 0.15) is 12.1 Å². The van der Waals surface area contributed by atoms with Gasteiger partial charge in [0.05, 0.1) is 18.9 Å². The highest BCUT2D eigenvalue weighted by atomic mass is 16.5. The lowest BCUT2D eigenvalue weighted by Gasteiger charge is -2.35. The number of nitrogen functional groups attached to an aromatic ring is 1. The summed E-state index contributed by atoms with van der Waals surface area (Å²) in [5.41, 5.74) is 4.38. The molecule has 0 saturated carbocycles. The predicted molar refractivity (Wildman–Crippen MR) is 68.2 cm³/mol. The number of aromatic nitrogens is 2. The monoisotopic (exact) mass is 280 g/mol. The Morgan fingerprint density at radius 1 is 1.60 bits per heavy atom. The first-order valence-corrected chi connectivity index (χ1v) is 6.11. The summed E-state index contributed by atoms with van der Waals surface area (Å²) in [6.07, 6.45) is -0.832. The number of β-amino-alcohol motifs (C(OH)–C–C–N with tert-alkyl or cyclic N) is 1. The highest BCUT2D eigenvalue weighted by Crippen LogP contribution is 2.32. The first kappa shape index (κ1) is 14.2. The largest absolute Gasteiger partial charge is 0.468 e. The molecule has 0 spiro atoms. The third-order valence-electron chi connectivity index (χ3n) is 3.32. The van der Waals surface area contributed by atoms with Crippen LogP contribution in [-0.2, 0) is 20.7 Å². The molecule has 1 fully saturated rings. The second-order valence-electron chi connectivity index (χ2n) is 4.77. The molecule has 2 unspecified atom stereocenters. The van der Waals surface area contributed by atoms with Crippen LogP contribution in [0.2, 0.25) is 0 Å². The molecule has 8 heteroatoms. The van der Waals surface area contributed by atoms with Crippen molar-refractivity contribution in [2.45, 2.75) is 18.9 Å². The Hall–Kier alpha value is -2.22. The Kier molecular flexibility index (Phi) is 3.84. The van der Waals surface area contributed by atoms with E-state index < -0.39 is 23.4 Å². The van der Waals surface area contributed by atoms with Crippen molar-refractivity contribution in [3.63, 3.8) is 0 Å². The molecule has 0 bridgehead atoms. The minimum absolute atomic E-state index is 0.00412. The summed E-state index contributed by atoms with van der Waals surface area (Å²) in [5, 5.41) is 19.8. The van der Waals surface area contributed by atoms with E-state index in [1.807, 2.05) is 0 Å². The maximum Gasteiger partial charge on any atom is 0.321 e. The van der Waals surface area contributed by atoms with Gasteiger partial charge in [0.1, 0.15) is 5.82 Å². The summed E-state index contributed by atoms with van der Waals surface area (Å²) >= 11 is 0. The average Bonchev–Trinajstić information content (AvgIpc) is 2.44. The summed E-state index contributed by atoms with van der Waals surface area (Å²) in [6.45, 7) is 0.116. The van der Waals surface area contributed by atoms with Crippen LogP contribution in [0.4, 0.5) is 5.82 Å². The number of hydrogen-bond acceptors (Lipinski definition) is 7. The van der Waals surface area contributed by atoms with E-state index in [0.717, 1.165) is 0 Å². The van der Waals surface area contributed by atoms with E-state index in [0.29, 0.717) is 5.69 Å². The van der Waals surface area contributed by atoms with Crippen molar-refractivity contribution in [2.75, 3.05) is 19.4 Å². The zero-order valence-corrected chi connectivity index (χ0v) is 11.0. The third-order valence-corrected chi connectivity index (χ3v) is 3.32. The molecule has 1 aliphatic heterocycles. The Balaban J connectivity index is 2.34. The van der Waals surface area contributed by atoms with Crippen LogP contribution in [0, 0.1) is 5.41 Å². The molecule has 4 N–H and O–H groups in total. The van der Waals surface area contributed by atoms with Gasteiger partial charge < -0.3 is 20.9 Å². The number of hydrogen-bond donors (Lipinski definition) is 3. The molecule has 2 rings (SSSR count). The highest BCUT2D eigenvalue weighted by molar-refractivity contribution is 6.03. The molecule has 0 aromatic carbocycles. The van der Waals surface area contributed by atoms with Crippen molar-refractivity contribution < 1.29 is 19.4 Å². The summed E-state index contributed by atoms with van der Waals surface area (Å²) in [4.78, 5) is 24.2. The lowest BCUT2D eigenvalue weighted by atomic mass is 9.75. The van der Waals surface area contributed by atoms with Gasteiger partial charge in [-0.1, -0.05) is 0 Å². The Bertz CT molecular complexity index is 509. The van der Waals surface area contributed by atoms with Gasteiger partial charge in [-0.3, -0.25) is 9.59 Å². The number of anilines is 1. The molecule has 2 heterocycles. The lowest BCUT2D eigenvalue weighted by molar-refractivity contribution is -0.164. The fourth-order valence-electron chi connectivity index (χ4n) is 2.32. The van der Waals surface area contributed by atoms with Gasteiger partial charge >= 0.3 is 5.97 Å². The molecule has 0 radical (unpaired) electrons. The minimum atomic E-state index is -1.49. The fraction of sp³-hybridized carbons (Fsp3) is 0.500. The topological polar surface area (TPSA) is 127 Å². The van der Waals surface area contributed by atoms with Crippen molar-refractivity contribution in [3.8, 4) is 0 Å². The molecule has 2 atom stereocenters. The summed E-state index contributed by atoms with van der Waals surface area (Å²) in [7, 11) is 1.20. The van der Waals surface area contributed by atoms with E-state index in [2.05, 4.69) is 15.5 Å². The van der Waals surface area contributed by atoms with E-state index in [1.54, 1.807) is 6.07 Å². The van der Waals surface area contributed by atoms with Crippen molar-refractivity contribution in [1.29, 1.82) is 0 Å². The van der Waals surface area contributed by atoms with Crippen LogP contribution in [0.15, 0.2) is 12.1 Å². The van der Waals surface area contributed by atoms with E-state index in [9.17, 15) is 14.7 Å². The van der Waals surface area contributed by atoms with Gasteiger partial charge in [0.25, 0.3) is 0 Å². The van der Waals surface area contributed by atoms with E-state index in [4.69, 9.17) is 10.5 Å². The number of carbonyl (C=O) groups is 2. The molecule has 0 aliphatic carbocycles. The van der Waals surface area contributed by atoms with Gasteiger partial charge in [-0.05, 0) is 12.1 Å². The number of methoxy groups -OCH3 is 1. The molecule has 8 nitrogen and oxygen atoms in total. The molecule has 1 saturated heterocycles. The first-order valence-electron chi connectivity index (χ1n) is 6.11. The Morgan fingerprint density at radius 2 is 2.35 bits per heavy atom. The van der Waals surface area contributed by atoms with Crippen molar-refractivity contribution in [2.24, 2.45) is 5.41 Å². The fourth-order valence-corrected chi connectivity index (χ4v) is 2.32. The molecule has 1 aliphatic rings. The second kappa shape index (κ2) is 5.41. The Morgan fingerprint density at radius 3 is 2.95 bits per heavy atom. The summed E-state index contributed by atoms with van der Waals surface area (Å²) in [5.74, 6) is -0.936. The lowest BCUT2D eigenvalue weighted by Crippen LogP contribution is -2.57. The molecule has 1 aromatic rings. The number of nitrogens with zero attached hydrogens (tertiary/aromatic N) is 2. The average molecular weight is 280 g/mol. The SMILES string of the molecule is COC(=O)C1(Cc2ccc(N)nn2)CC(O)CNC1=O. The number of carbonyl (C=O) groups excluding carboxylic acids is 2. The number of nitrogens with two attached hydrogens (primary N) is 1. The standard InChI is InChI=1S/C12H16N4O4/c1-20-11(19)12(5-8(17)6-14-10(12)18)4-7-2-3-9(13)16-15-7/h2-3,8,17H,4-6H2,1H3,(H2,13,16)(H,14,18). The molecule has 108 valence electrons. The van der Waals surface area contributed by atoms with Gasteiger partial charge in [-0.15, -0.1) is 5.10 Å². The summed E-state index contributed by atoms with van der Waals surface area (Å²) < 4.78 is 4.72. The number of ether oxygens (including phenoxy) is 1. The van der Waals surface area contributed by atoms with E-state index in [1.165, 1.54) is 13.2 Å². The van der Waals surface area contributed by atoms with Gasteiger partial charge in [0.2, 0.25) is 5.91 Å². The van der Waals surface area contributed by atoms with Gasteiger partial charge in [-0.2, -0.15) is 5.10 Å². The number of piperidine rings is 1. The zero-order chi connectivity index (χ0) is 14.8. The number of nitrogens with one attached hydrogen (secondary N) is 1. The second-order valence-corrected chi connectivity index (χ2v) is 4.77.